The second-order valence-electron chi connectivity index (χ2n) is 4.39. The summed E-state index contributed by atoms with van der Waals surface area (Å²) in [6.07, 6.45) is -1.39. The first-order valence-corrected chi connectivity index (χ1v) is 5.89. The van der Waals surface area contributed by atoms with Gasteiger partial charge in [-0.25, -0.2) is 10.4 Å². The van der Waals surface area contributed by atoms with E-state index in [1.54, 1.807) is 6.08 Å². The van der Waals surface area contributed by atoms with Crippen LogP contribution in [0.3, 0.4) is 0 Å². The molecule has 1 aromatic carbocycles. The Morgan fingerprint density at radius 1 is 1.25 bits per heavy atom. The number of carbonyl (C=O) groups is 1. The van der Waals surface area contributed by atoms with Crippen molar-refractivity contribution in [3.63, 3.8) is 0 Å². The number of hydrogen-bond donors (Lipinski definition) is 2. The molecule has 0 aromatic heterocycles. The summed E-state index contributed by atoms with van der Waals surface area (Å²) in [4.78, 5) is 11.8. The van der Waals surface area contributed by atoms with Gasteiger partial charge in [-0.1, -0.05) is 12.1 Å². The molecule has 0 fully saturated rings. The molecule has 0 saturated carbocycles. The van der Waals surface area contributed by atoms with E-state index in [-0.39, 0.29) is 5.91 Å². The molecule has 0 aliphatic carbocycles. The van der Waals surface area contributed by atoms with Crippen LogP contribution >= 0.6 is 0 Å². The molecule has 0 spiro atoms. The summed E-state index contributed by atoms with van der Waals surface area (Å²) in [5.74, 6) is 0.213. The SMILES string of the molecule is O=C1C=C(c2cccc(C(F)(F)F)c2)NC2=CCNN12. The Hall–Kier alpha value is -2.28. The quantitative estimate of drug-likeness (QED) is 0.825. The highest BCUT2D eigenvalue weighted by atomic mass is 19.4. The number of amides is 1. The second-order valence-corrected chi connectivity index (χ2v) is 4.39. The molecule has 1 amide bonds. The van der Waals surface area contributed by atoms with Crippen LogP contribution < -0.4 is 10.7 Å². The Kier molecular flexibility index (Phi) is 2.79. The summed E-state index contributed by atoms with van der Waals surface area (Å²) >= 11 is 0. The first-order chi connectivity index (χ1) is 9.45. The first-order valence-electron chi connectivity index (χ1n) is 5.89. The van der Waals surface area contributed by atoms with E-state index in [1.807, 2.05) is 0 Å². The Bertz CT molecular complexity index is 634. The van der Waals surface area contributed by atoms with Crippen molar-refractivity contribution in [2.75, 3.05) is 6.54 Å². The van der Waals surface area contributed by atoms with Gasteiger partial charge in [-0.2, -0.15) is 13.2 Å². The summed E-state index contributed by atoms with van der Waals surface area (Å²) in [5.41, 5.74) is 2.75. The maximum atomic E-state index is 12.7. The van der Waals surface area contributed by atoms with Gasteiger partial charge in [0.15, 0.2) is 0 Å². The molecule has 7 heteroatoms. The molecule has 104 valence electrons. The lowest BCUT2D eigenvalue weighted by Gasteiger charge is -2.26. The van der Waals surface area contributed by atoms with E-state index in [0.29, 0.717) is 23.6 Å². The maximum absolute atomic E-state index is 12.7. The summed E-state index contributed by atoms with van der Waals surface area (Å²) < 4.78 is 38.1. The molecule has 0 saturated heterocycles. The van der Waals surface area contributed by atoms with E-state index in [2.05, 4.69) is 10.7 Å². The molecule has 20 heavy (non-hydrogen) atoms. The molecule has 1 aromatic rings. The van der Waals surface area contributed by atoms with Crippen LogP contribution in [0.4, 0.5) is 13.2 Å². The minimum Gasteiger partial charge on any atom is -0.340 e. The Morgan fingerprint density at radius 2 is 2.05 bits per heavy atom. The van der Waals surface area contributed by atoms with E-state index < -0.39 is 11.7 Å². The normalized spacial score (nSPS) is 18.4. The highest BCUT2D eigenvalue weighted by Crippen LogP contribution is 2.31. The molecule has 2 aliphatic rings. The van der Waals surface area contributed by atoms with Crippen molar-refractivity contribution in [3.8, 4) is 0 Å². The van der Waals surface area contributed by atoms with Gasteiger partial charge >= 0.3 is 6.18 Å². The molecule has 4 nitrogen and oxygen atoms in total. The number of halogens is 3. The van der Waals surface area contributed by atoms with Crippen molar-refractivity contribution in [3.05, 3.63) is 53.4 Å². The number of rotatable bonds is 1. The molecule has 0 bridgehead atoms. The van der Waals surface area contributed by atoms with Gasteiger partial charge in [-0.15, -0.1) is 0 Å². The van der Waals surface area contributed by atoms with Crippen LogP contribution in [0.5, 0.6) is 0 Å². The number of carbonyl (C=O) groups excluding carboxylic acids is 1. The van der Waals surface area contributed by atoms with Gasteiger partial charge in [-0.05, 0) is 23.8 Å². The van der Waals surface area contributed by atoms with Gasteiger partial charge in [0.1, 0.15) is 5.82 Å². The van der Waals surface area contributed by atoms with Crippen LogP contribution in [0.1, 0.15) is 11.1 Å². The Labute approximate surface area is 112 Å². The molecule has 0 radical (unpaired) electrons. The smallest absolute Gasteiger partial charge is 0.340 e. The topological polar surface area (TPSA) is 44.4 Å². The number of alkyl halides is 3. The van der Waals surface area contributed by atoms with Crippen LogP contribution in [0, 0.1) is 0 Å². The van der Waals surface area contributed by atoms with Crippen molar-refractivity contribution in [2.45, 2.75) is 6.18 Å². The monoisotopic (exact) mass is 281 g/mol. The van der Waals surface area contributed by atoms with Crippen molar-refractivity contribution in [2.24, 2.45) is 0 Å². The van der Waals surface area contributed by atoms with Crippen LogP contribution in [0.2, 0.25) is 0 Å². The third kappa shape index (κ3) is 2.16. The predicted molar refractivity (Wildman–Crippen MR) is 65.5 cm³/mol. The predicted octanol–water partition coefficient (Wildman–Crippen LogP) is 1.84. The highest BCUT2D eigenvalue weighted by Gasteiger charge is 2.31. The molecular weight excluding hydrogens is 271 g/mol. The highest BCUT2D eigenvalue weighted by molar-refractivity contribution is 5.98. The number of hydrazine groups is 1. The summed E-state index contributed by atoms with van der Waals surface area (Å²) in [6, 6.07) is 4.86. The lowest BCUT2D eigenvalue weighted by molar-refractivity contribution is -0.137. The molecular formula is C13H10F3N3O. The lowest BCUT2D eigenvalue weighted by atomic mass is 10.1. The zero-order chi connectivity index (χ0) is 14.3. The number of hydrogen-bond acceptors (Lipinski definition) is 3. The summed E-state index contributed by atoms with van der Waals surface area (Å²) in [6.45, 7) is 0.498. The van der Waals surface area contributed by atoms with Crippen molar-refractivity contribution < 1.29 is 18.0 Å². The molecule has 0 atom stereocenters. The minimum atomic E-state index is -4.41. The third-order valence-electron chi connectivity index (χ3n) is 3.04. The van der Waals surface area contributed by atoms with E-state index in [0.717, 1.165) is 12.1 Å². The second kappa shape index (κ2) is 4.38. The van der Waals surface area contributed by atoms with E-state index in [4.69, 9.17) is 0 Å². The van der Waals surface area contributed by atoms with Gasteiger partial charge in [0.25, 0.3) is 5.91 Å². The van der Waals surface area contributed by atoms with Crippen molar-refractivity contribution in [1.82, 2.24) is 15.8 Å². The number of nitrogens with zero attached hydrogens (tertiary/aromatic N) is 1. The zero-order valence-corrected chi connectivity index (χ0v) is 10.2. The van der Waals surface area contributed by atoms with E-state index in [9.17, 15) is 18.0 Å². The molecule has 3 rings (SSSR count). The van der Waals surface area contributed by atoms with Crippen LogP contribution in [-0.2, 0) is 11.0 Å². The maximum Gasteiger partial charge on any atom is 0.416 e. The number of benzene rings is 1. The van der Waals surface area contributed by atoms with Crippen molar-refractivity contribution in [1.29, 1.82) is 0 Å². The lowest BCUT2D eigenvalue weighted by Crippen LogP contribution is -2.43. The Morgan fingerprint density at radius 3 is 2.80 bits per heavy atom. The largest absolute Gasteiger partial charge is 0.416 e. The average Bonchev–Trinajstić information content (AvgIpc) is 2.87. The standard InChI is InChI=1S/C13H10F3N3O/c14-13(15,16)9-3-1-2-8(6-9)10-7-12(20)19-11(18-10)4-5-17-19/h1-4,6-7,17-18H,5H2. The fourth-order valence-corrected chi connectivity index (χ4v) is 2.09. The first kappa shape index (κ1) is 12.7. The average molecular weight is 281 g/mol. The molecule has 2 aliphatic heterocycles. The summed E-state index contributed by atoms with van der Waals surface area (Å²) in [7, 11) is 0. The fourth-order valence-electron chi connectivity index (χ4n) is 2.09. The van der Waals surface area contributed by atoms with Crippen LogP contribution in [-0.4, -0.2) is 17.5 Å². The van der Waals surface area contributed by atoms with Crippen LogP contribution in [0.15, 0.2) is 42.2 Å². The Balaban J connectivity index is 1.97. The van der Waals surface area contributed by atoms with Gasteiger partial charge in [0.05, 0.1) is 11.3 Å². The molecule has 2 heterocycles. The molecule has 0 unspecified atom stereocenters. The van der Waals surface area contributed by atoms with Crippen LogP contribution in [0.25, 0.3) is 5.70 Å². The van der Waals surface area contributed by atoms with E-state index in [1.165, 1.54) is 23.2 Å². The zero-order valence-electron chi connectivity index (χ0n) is 10.2. The van der Waals surface area contributed by atoms with Gasteiger partial charge < -0.3 is 5.32 Å². The minimum absolute atomic E-state index is 0.320. The van der Waals surface area contributed by atoms with Gasteiger partial charge in [0.2, 0.25) is 0 Å². The number of fused-ring (bicyclic) bond motifs is 1. The fraction of sp³-hybridized carbons (Fsp3) is 0.154. The molecule has 2 N–H and O–H groups in total. The number of nitrogens with one attached hydrogen (secondary N) is 2. The third-order valence-corrected chi connectivity index (χ3v) is 3.04. The summed E-state index contributed by atoms with van der Waals surface area (Å²) in [5, 5.41) is 4.25. The van der Waals surface area contributed by atoms with Gasteiger partial charge in [0, 0.05) is 12.6 Å². The van der Waals surface area contributed by atoms with Gasteiger partial charge in [-0.3, -0.25) is 4.79 Å². The van der Waals surface area contributed by atoms with E-state index >= 15 is 0 Å². The van der Waals surface area contributed by atoms with Crippen molar-refractivity contribution >= 4 is 11.6 Å².